The molecule has 0 unspecified atom stereocenters. The van der Waals surface area contributed by atoms with Crippen LogP contribution in [0.3, 0.4) is 0 Å². The highest BCUT2D eigenvalue weighted by atomic mass is 32.2. The van der Waals surface area contributed by atoms with E-state index in [-0.39, 0.29) is 4.90 Å². The number of likely N-dealkylation sites (tertiary alicyclic amines) is 1. The van der Waals surface area contributed by atoms with Crippen LogP contribution >= 0.6 is 12.2 Å². The standard InChI is InChI=1S/C22H28N4O2S2/c1-15-8-9-20-18(12-15)19-14-25(4)11-10-21(19)26(20)22(29)23-16-6-5-7-17(13-16)30(27,28)24(2)3/h5-9,12-13,19,21H,10-11,14H2,1-4H3,(H,23,29)/t19-,21+/m0/s1. The number of fused-ring (bicyclic) bond motifs is 3. The summed E-state index contributed by atoms with van der Waals surface area (Å²) in [7, 11) is 1.73. The van der Waals surface area contributed by atoms with Gasteiger partial charge in [0.2, 0.25) is 10.0 Å². The van der Waals surface area contributed by atoms with Gasteiger partial charge in [0.1, 0.15) is 0 Å². The first-order valence-corrected chi connectivity index (χ1v) is 11.9. The molecule has 0 spiro atoms. The van der Waals surface area contributed by atoms with Crippen molar-refractivity contribution in [2.24, 2.45) is 0 Å². The molecular formula is C22H28N4O2S2. The molecule has 0 bridgehead atoms. The fourth-order valence-electron chi connectivity index (χ4n) is 4.48. The molecule has 1 N–H and O–H groups in total. The Hall–Kier alpha value is -2.00. The van der Waals surface area contributed by atoms with Crippen LogP contribution in [0.15, 0.2) is 47.4 Å². The third kappa shape index (κ3) is 3.73. The molecule has 2 aliphatic rings. The third-order valence-electron chi connectivity index (χ3n) is 6.04. The van der Waals surface area contributed by atoms with Crippen molar-refractivity contribution in [2.75, 3.05) is 44.4 Å². The van der Waals surface area contributed by atoms with E-state index in [1.165, 1.54) is 29.5 Å². The predicted molar refractivity (Wildman–Crippen MR) is 126 cm³/mol. The van der Waals surface area contributed by atoms with E-state index >= 15 is 0 Å². The van der Waals surface area contributed by atoms with Gasteiger partial charge in [-0.05, 0) is 69.0 Å². The quantitative estimate of drug-likeness (QED) is 0.734. The Bertz CT molecular complexity index is 1080. The first-order valence-electron chi connectivity index (χ1n) is 10.1. The maximum Gasteiger partial charge on any atom is 0.242 e. The summed E-state index contributed by atoms with van der Waals surface area (Å²) in [6.45, 7) is 4.17. The van der Waals surface area contributed by atoms with Gasteiger partial charge in [0.05, 0.1) is 4.90 Å². The molecule has 0 amide bonds. The van der Waals surface area contributed by atoms with Crippen molar-refractivity contribution in [3.05, 3.63) is 53.6 Å². The second-order valence-electron chi connectivity index (χ2n) is 8.40. The second-order valence-corrected chi connectivity index (χ2v) is 10.9. The summed E-state index contributed by atoms with van der Waals surface area (Å²) in [5.41, 5.74) is 4.43. The number of nitrogens with zero attached hydrogens (tertiary/aromatic N) is 3. The largest absolute Gasteiger partial charge is 0.332 e. The smallest absolute Gasteiger partial charge is 0.242 e. The van der Waals surface area contributed by atoms with Crippen molar-refractivity contribution in [1.82, 2.24) is 9.21 Å². The highest BCUT2D eigenvalue weighted by Gasteiger charge is 2.42. The van der Waals surface area contributed by atoms with Crippen LogP contribution < -0.4 is 10.2 Å². The molecule has 1 saturated heterocycles. The zero-order valence-electron chi connectivity index (χ0n) is 17.8. The number of hydrogen-bond acceptors (Lipinski definition) is 4. The van der Waals surface area contributed by atoms with Crippen molar-refractivity contribution in [1.29, 1.82) is 0 Å². The summed E-state index contributed by atoms with van der Waals surface area (Å²) in [5, 5.41) is 3.90. The van der Waals surface area contributed by atoms with Crippen molar-refractivity contribution >= 4 is 38.7 Å². The number of likely N-dealkylation sites (N-methyl/N-ethyl adjacent to an activating group) is 1. The van der Waals surface area contributed by atoms with Gasteiger partial charge in [-0.1, -0.05) is 23.8 Å². The predicted octanol–water partition coefficient (Wildman–Crippen LogP) is 3.25. The summed E-state index contributed by atoms with van der Waals surface area (Å²) in [6, 6.07) is 13.7. The Labute approximate surface area is 184 Å². The van der Waals surface area contributed by atoms with Gasteiger partial charge in [0, 0.05) is 44.0 Å². The zero-order valence-corrected chi connectivity index (χ0v) is 19.4. The summed E-state index contributed by atoms with van der Waals surface area (Å²) in [4.78, 5) is 4.85. The Morgan fingerprint density at radius 3 is 2.70 bits per heavy atom. The fourth-order valence-corrected chi connectivity index (χ4v) is 5.77. The number of anilines is 2. The molecule has 0 radical (unpaired) electrons. The molecule has 0 aromatic heterocycles. The SMILES string of the molecule is Cc1ccc2c(c1)[C@@H]1CN(C)CC[C@H]1N2C(=S)Nc1cccc(S(=O)(=O)N(C)C)c1. The minimum absolute atomic E-state index is 0.245. The molecule has 8 heteroatoms. The van der Waals surface area contributed by atoms with E-state index in [4.69, 9.17) is 12.2 Å². The highest BCUT2D eigenvalue weighted by Crippen LogP contribution is 2.45. The van der Waals surface area contributed by atoms with Crippen molar-refractivity contribution in [3.8, 4) is 0 Å². The van der Waals surface area contributed by atoms with Gasteiger partial charge in [0.25, 0.3) is 0 Å². The summed E-state index contributed by atoms with van der Waals surface area (Å²) in [6.07, 6.45) is 1.03. The van der Waals surface area contributed by atoms with Gasteiger partial charge in [-0.2, -0.15) is 0 Å². The Kier molecular flexibility index (Phi) is 5.61. The number of hydrogen-bond donors (Lipinski definition) is 1. The third-order valence-corrected chi connectivity index (χ3v) is 8.15. The molecule has 1 fully saturated rings. The summed E-state index contributed by atoms with van der Waals surface area (Å²) >= 11 is 5.83. The highest BCUT2D eigenvalue weighted by molar-refractivity contribution is 7.89. The second kappa shape index (κ2) is 7.92. The van der Waals surface area contributed by atoms with Crippen LogP contribution in [0, 0.1) is 6.92 Å². The van der Waals surface area contributed by atoms with Gasteiger partial charge in [0.15, 0.2) is 5.11 Å². The minimum atomic E-state index is -3.50. The molecule has 2 aromatic carbocycles. The van der Waals surface area contributed by atoms with Crippen LogP contribution in [0.5, 0.6) is 0 Å². The van der Waals surface area contributed by atoms with Gasteiger partial charge >= 0.3 is 0 Å². The van der Waals surface area contributed by atoms with E-state index in [1.807, 2.05) is 6.07 Å². The molecule has 30 heavy (non-hydrogen) atoms. The van der Waals surface area contributed by atoms with Crippen LogP contribution in [0.2, 0.25) is 0 Å². The van der Waals surface area contributed by atoms with E-state index in [1.54, 1.807) is 18.2 Å². The van der Waals surface area contributed by atoms with Crippen LogP contribution in [0.25, 0.3) is 0 Å². The number of nitrogens with one attached hydrogen (secondary N) is 1. The van der Waals surface area contributed by atoms with E-state index in [2.05, 4.69) is 47.3 Å². The average molecular weight is 445 g/mol. The van der Waals surface area contributed by atoms with Gasteiger partial charge in [-0.3, -0.25) is 0 Å². The fraction of sp³-hybridized carbons (Fsp3) is 0.409. The lowest BCUT2D eigenvalue weighted by Gasteiger charge is -2.37. The Balaban J connectivity index is 1.64. The molecular weight excluding hydrogens is 416 g/mol. The lowest BCUT2D eigenvalue weighted by atomic mass is 9.89. The summed E-state index contributed by atoms with van der Waals surface area (Å²) < 4.78 is 26.2. The van der Waals surface area contributed by atoms with E-state index in [9.17, 15) is 8.42 Å². The number of thiocarbonyl (C=S) groups is 1. The van der Waals surface area contributed by atoms with Crippen LogP contribution in [-0.2, 0) is 10.0 Å². The molecule has 160 valence electrons. The summed E-state index contributed by atoms with van der Waals surface area (Å²) in [5.74, 6) is 0.416. The average Bonchev–Trinajstić information content (AvgIpc) is 3.01. The number of sulfonamides is 1. The zero-order chi connectivity index (χ0) is 21.6. The number of benzene rings is 2. The van der Waals surface area contributed by atoms with Crippen LogP contribution in [0.1, 0.15) is 23.5 Å². The molecule has 2 heterocycles. The lowest BCUT2D eigenvalue weighted by molar-refractivity contribution is 0.237. The molecule has 0 aliphatic carbocycles. The van der Waals surface area contributed by atoms with Gasteiger partial charge < -0.3 is 15.1 Å². The van der Waals surface area contributed by atoms with Crippen LogP contribution in [-0.4, -0.2) is 63.0 Å². The first kappa shape index (κ1) is 21.2. The molecule has 2 aliphatic heterocycles. The lowest BCUT2D eigenvalue weighted by Crippen LogP contribution is -2.48. The normalized spacial score (nSPS) is 21.4. The molecule has 4 rings (SSSR count). The van der Waals surface area contributed by atoms with Crippen molar-refractivity contribution in [3.63, 3.8) is 0 Å². The van der Waals surface area contributed by atoms with E-state index in [0.29, 0.717) is 22.8 Å². The first-order chi connectivity index (χ1) is 14.2. The molecule has 2 atom stereocenters. The molecule has 2 aromatic rings. The maximum absolute atomic E-state index is 12.5. The molecule has 0 saturated carbocycles. The maximum atomic E-state index is 12.5. The monoisotopic (exact) mass is 444 g/mol. The number of aryl methyl sites for hydroxylation is 1. The number of piperidine rings is 1. The van der Waals surface area contributed by atoms with Gasteiger partial charge in [-0.25, -0.2) is 12.7 Å². The minimum Gasteiger partial charge on any atom is -0.332 e. The van der Waals surface area contributed by atoms with Crippen molar-refractivity contribution < 1.29 is 8.42 Å². The van der Waals surface area contributed by atoms with E-state index in [0.717, 1.165) is 25.2 Å². The Morgan fingerprint density at radius 1 is 1.20 bits per heavy atom. The molecule has 6 nitrogen and oxygen atoms in total. The Morgan fingerprint density at radius 2 is 1.97 bits per heavy atom. The number of rotatable bonds is 3. The topological polar surface area (TPSA) is 55.9 Å². The van der Waals surface area contributed by atoms with Crippen LogP contribution in [0.4, 0.5) is 11.4 Å². The van der Waals surface area contributed by atoms with Crippen molar-refractivity contribution in [2.45, 2.75) is 30.2 Å². The van der Waals surface area contributed by atoms with Gasteiger partial charge in [-0.15, -0.1) is 0 Å². The van der Waals surface area contributed by atoms with E-state index < -0.39 is 10.0 Å².